The summed E-state index contributed by atoms with van der Waals surface area (Å²) in [5.74, 6) is 0.638. The van der Waals surface area contributed by atoms with Crippen molar-refractivity contribution in [2.24, 2.45) is 0 Å². The van der Waals surface area contributed by atoms with Gasteiger partial charge >= 0.3 is 6.18 Å². The summed E-state index contributed by atoms with van der Waals surface area (Å²) in [7, 11) is 1.53. The number of halogens is 5. The molecule has 112 valence electrons. The summed E-state index contributed by atoms with van der Waals surface area (Å²) in [6.45, 7) is 0. The number of rotatable bonds is 3. The number of alkyl halides is 4. The van der Waals surface area contributed by atoms with Gasteiger partial charge < -0.3 is 4.74 Å². The maximum Gasteiger partial charge on any atom is 0.416 e. The van der Waals surface area contributed by atoms with Crippen LogP contribution in [-0.2, 0) is 6.18 Å². The van der Waals surface area contributed by atoms with Crippen LogP contribution in [-0.4, -0.2) is 7.11 Å². The van der Waals surface area contributed by atoms with Crippen LogP contribution in [0.25, 0.3) is 0 Å². The molecule has 2 rings (SSSR count). The van der Waals surface area contributed by atoms with Gasteiger partial charge in [0.15, 0.2) is 0 Å². The van der Waals surface area contributed by atoms with E-state index in [0.29, 0.717) is 21.3 Å². The fourth-order valence-corrected chi connectivity index (χ4v) is 2.94. The standard InChI is InChI=1S/C15H11BrClF3O/c1-21-11-5-6-12(13(16)8-11)14(17)9-3-2-4-10(7-9)15(18,19)20/h2-8,14H,1H3. The van der Waals surface area contributed by atoms with E-state index in [2.05, 4.69) is 15.9 Å². The normalized spacial score (nSPS) is 13.0. The first-order valence-corrected chi connectivity index (χ1v) is 7.20. The second-order valence-electron chi connectivity index (χ2n) is 4.37. The van der Waals surface area contributed by atoms with E-state index in [4.69, 9.17) is 16.3 Å². The van der Waals surface area contributed by atoms with Crippen LogP contribution < -0.4 is 4.74 Å². The summed E-state index contributed by atoms with van der Waals surface area (Å²) in [5.41, 5.74) is 0.351. The van der Waals surface area contributed by atoms with Crippen molar-refractivity contribution >= 4 is 27.5 Å². The molecule has 1 unspecified atom stereocenters. The Bertz CT molecular complexity index is 643. The lowest BCUT2D eigenvalue weighted by atomic mass is 10.0. The zero-order valence-corrected chi connectivity index (χ0v) is 13.3. The molecule has 0 aliphatic rings. The molecule has 0 N–H and O–H groups in total. The molecular formula is C15H11BrClF3O. The van der Waals surface area contributed by atoms with E-state index in [9.17, 15) is 13.2 Å². The van der Waals surface area contributed by atoms with E-state index in [1.807, 2.05) is 0 Å². The largest absolute Gasteiger partial charge is 0.497 e. The highest BCUT2D eigenvalue weighted by Crippen LogP contribution is 2.38. The Morgan fingerprint density at radius 1 is 1.14 bits per heavy atom. The van der Waals surface area contributed by atoms with Crippen molar-refractivity contribution in [3.8, 4) is 5.75 Å². The van der Waals surface area contributed by atoms with Crippen molar-refractivity contribution < 1.29 is 17.9 Å². The zero-order chi connectivity index (χ0) is 15.6. The number of benzene rings is 2. The molecule has 0 fully saturated rings. The van der Waals surface area contributed by atoms with E-state index in [1.165, 1.54) is 13.2 Å². The van der Waals surface area contributed by atoms with Crippen LogP contribution in [0.1, 0.15) is 22.1 Å². The molecule has 0 aliphatic carbocycles. The van der Waals surface area contributed by atoms with Crippen LogP contribution in [0, 0.1) is 0 Å². The Labute approximate surface area is 133 Å². The molecule has 1 atom stereocenters. The summed E-state index contributed by atoms with van der Waals surface area (Å²) in [6, 6.07) is 10.2. The Kier molecular flexibility index (Phi) is 4.84. The first-order valence-electron chi connectivity index (χ1n) is 5.97. The first kappa shape index (κ1) is 16.2. The summed E-state index contributed by atoms with van der Waals surface area (Å²) in [5, 5.41) is -0.687. The second kappa shape index (κ2) is 6.28. The highest BCUT2D eigenvalue weighted by molar-refractivity contribution is 9.10. The quantitative estimate of drug-likeness (QED) is 0.612. The van der Waals surface area contributed by atoms with Gasteiger partial charge in [0.05, 0.1) is 18.1 Å². The highest BCUT2D eigenvalue weighted by atomic mass is 79.9. The highest BCUT2D eigenvalue weighted by Gasteiger charge is 2.31. The van der Waals surface area contributed by atoms with Gasteiger partial charge in [0.1, 0.15) is 5.75 Å². The Morgan fingerprint density at radius 3 is 2.43 bits per heavy atom. The molecule has 1 nitrogen and oxygen atoms in total. The van der Waals surface area contributed by atoms with Gasteiger partial charge in [0.25, 0.3) is 0 Å². The number of ether oxygens (including phenoxy) is 1. The second-order valence-corrected chi connectivity index (χ2v) is 5.66. The molecule has 0 spiro atoms. The van der Waals surface area contributed by atoms with Crippen LogP contribution in [0.15, 0.2) is 46.9 Å². The molecule has 0 radical (unpaired) electrons. The topological polar surface area (TPSA) is 9.23 Å². The molecule has 0 bridgehead atoms. The maximum absolute atomic E-state index is 12.7. The van der Waals surface area contributed by atoms with Crippen LogP contribution in [0.4, 0.5) is 13.2 Å². The fraction of sp³-hybridized carbons (Fsp3) is 0.200. The monoisotopic (exact) mass is 378 g/mol. The summed E-state index contributed by atoms with van der Waals surface area (Å²) >= 11 is 9.67. The average molecular weight is 380 g/mol. The number of hydrogen-bond acceptors (Lipinski definition) is 1. The van der Waals surface area contributed by atoms with Gasteiger partial charge in [0.2, 0.25) is 0 Å². The number of methoxy groups -OCH3 is 1. The minimum atomic E-state index is -4.39. The van der Waals surface area contributed by atoms with E-state index in [1.54, 1.807) is 24.3 Å². The van der Waals surface area contributed by atoms with Crippen molar-refractivity contribution in [1.82, 2.24) is 0 Å². The lowest BCUT2D eigenvalue weighted by Gasteiger charge is -2.15. The van der Waals surface area contributed by atoms with Crippen molar-refractivity contribution in [2.75, 3.05) is 7.11 Å². The molecule has 2 aromatic carbocycles. The van der Waals surface area contributed by atoms with Gasteiger partial charge in [-0.2, -0.15) is 13.2 Å². The minimum Gasteiger partial charge on any atom is -0.497 e. The van der Waals surface area contributed by atoms with Crippen LogP contribution in [0.5, 0.6) is 5.75 Å². The molecule has 2 aromatic rings. The van der Waals surface area contributed by atoms with Crippen molar-refractivity contribution in [2.45, 2.75) is 11.6 Å². The summed E-state index contributed by atoms with van der Waals surface area (Å²) in [4.78, 5) is 0. The molecule has 0 aliphatic heterocycles. The molecule has 0 heterocycles. The molecular weight excluding hydrogens is 369 g/mol. The van der Waals surface area contributed by atoms with E-state index in [-0.39, 0.29) is 0 Å². The van der Waals surface area contributed by atoms with Crippen molar-refractivity contribution in [3.05, 3.63) is 63.6 Å². The van der Waals surface area contributed by atoms with Crippen LogP contribution in [0.2, 0.25) is 0 Å². The maximum atomic E-state index is 12.7. The van der Waals surface area contributed by atoms with Crippen LogP contribution in [0.3, 0.4) is 0 Å². The first-order chi connectivity index (χ1) is 9.82. The fourth-order valence-electron chi connectivity index (χ4n) is 1.89. The van der Waals surface area contributed by atoms with Gasteiger partial charge in [-0.25, -0.2) is 0 Å². The predicted octanol–water partition coefficient (Wildman–Crippen LogP) is 5.80. The minimum absolute atomic E-state index is 0.386. The molecule has 0 saturated heterocycles. The summed E-state index contributed by atoms with van der Waals surface area (Å²) < 4.78 is 44.0. The molecule has 0 aromatic heterocycles. The molecule has 21 heavy (non-hydrogen) atoms. The van der Waals surface area contributed by atoms with E-state index >= 15 is 0 Å². The number of hydrogen-bond donors (Lipinski definition) is 0. The van der Waals surface area contributed by atoms with Gasteiger partial charge in [-0.1, -0.05) is 34.1 Å². The van der Waals surface area contributed by atoms with Crippen LogP contribution >= 0.6 is 27.5 Å². The Hall–Kier alpha value is -1.20. The van der Waals surface area contributed by atoms with Crippen molar-refractivity contribution in [1.29, 1.82) is 0 Å². The third-order valence-corrected chi connectivity index (χ3v) is 4.16. The SMILES string of the molecule is COc1ccc(C(Cl)c2cccc(C(F)(F)F)c2)c(Br)c1. The van der Waals surface area contributed by atoms with E-state index < -0.39 is 17.1 Å². The lowest BCUT2D eigenvalue weighted by Crippen LogP contribution is -2.06. The third kappa shape index (κ3) is 3.71. The van der Waals surface area contributed by atoms with Gasteiger partial charge in [-0.3, -0.25) is 0 Å². The van der Waals surface area contributed by atoms with Gasteiger partial charge in [-0.05, 0) is 35.4 Å². The lowest BCUT2D eigenvalue weighted by molar-refractivity contribution is -0.137. The molecule has 6 heteroatoms. The predicted molar refractivity (Wildman–Crippen MR) is 79.8 cm³/mol. The van der Waals surface area contributed by atoms with Gasteiger partial charge in [0, 0.05) is 4.47 Å². The summed E-state index contributed by atoms with van der Waals surface area (Å²) in [6.07, 6.45) is -4.39. The third-order valence-electron chi connectivity index (χ3n) is 2.99. The molecule has 0 saturated carbocycles. The van der Waals surface area contributed by atoms with Gasteiger partial charge in [-0.15, -0.1) is 11.6 Å². The van der Waals surface area contributed by atoms with Crippen molar-refractivity contribution in [3.63, 3.8) is 0 Å². The Morgan fingerprint density at radius 2 is 1.86 bits per heavy atom. The zero-order valence-electron chi connectivity index (χ0n) is 10.9. The average Bonchev–Trinajstić information content (AvgIpc) is 2.45. The smallest absolute Gasteiger partial charge is 0.416 e. The molecule has 0 amide bonds. The van der Waals surface area contributed by atoms with E-state index in [0.717, 1.165) is 12.1 Å². The Balaban J connectivity index is 2.38.